The number of nitrogens with zero attached hydrogens (tertiary/aromatic N) is 9. The molecule has 4 unspecified atom stereocenters. The lowest BCUT2D eigenvalue weighted by Gasteiger charge is -2.57. The lowest BCUT2D eigenvalue weighted by molar-refractivity contribution is -0.209. The molecular formula is C54H70F2N10O11. The number of hydrogen-bond acceptors (Lipinski definition) is 14. The van der Waals surface area contributed by atoms with Gasteiger partial charge in [-0.2, -0.15) is 4.39 Å². The summed E-state index contributed by atoms with van der Waals surface area (Å²) in [5.74, 6) is -1.38. The van der Waals surface area contributed by atoms with Crippen molar-refractivity contribution in [2.45, 2.75) is 129 Å². The van der Waals surface area contributed by atoms with E-state index in [0.717, 1.165) is 23.8 Å². The number of amides is 4. The number of aliphatic imine (C=N–C) groups is 1. The highest BCUT2D eigenvalue weighted by Gasteiger charge is 2.63. The topological polar surface area (TPSA) is 288 Å². The van der Waals surface area contributed by atoms with E-state index in [2.05, 4.69) is 30.2 Å². The van der Waals surface area contributed by atoms with Crippen molar-refractivity contribution < 1.29 is 63.3 Å². The average Bonchev–Trinajstić information content (AvgIpc) is 3.49. The van der Waals surface area contributed by atoms with Gasteiger partial charge in [-0.05, 0) is 66.0 Å². The normalized spacial score (nSPS) is 24.5. The molecule has 21 nitrogen and oxygen atoms in total. The van der Waals surface area contributed by atoms with E-state index in [4.69, 9.17) is 14.9 Å². The molecule has 7 N–H and O–H groups in total. The van der Waals surface area contributed by atoms with Crippen LogP contribution in [-0.4, -0.2) is 163 Å². The van der Waals surface area contributed by atoms with Crippen LogP contribution in [0.25, 0.3) is 17.0 Å². The summed E-state index contributed by atoms with van der Waals surface area (Å²) in [6.45, 7) is 16.8. The minimum absolute atomic E-state index is 0.0215. The van der Waals surface area contributed by atoms with Gasteiger partial charge in [-0.15, -0.1) is 0 Å². The van der Waals surface area contributed by atoms with Gasteiger partial charge in [0.25, 0.3) is 0 Å². The first-order valence-corrected chi connectivity index (χ1v) is 25.2. The van der Waals surface area contributed by atoms with Crippen LogP contribution < -0.4 is 5.32 Å². The molecule has 8 heterocycles. The first-order chi connectivity index (χ1) is 36.0. The van der Waals surface area contributed by atoms with Gasteiger partial charge in [0.15, 0.2) is 11.4 Å². The molecule has 0 aliphatic carbocycles. The van der Waals surface area contributed by atoms with E-state index in [1.165, 1.54) is 39.2 Å². The Morgan fingerprint density at radius 3 is 2.03 bits per heavy atom. The van der Waals surface area contributed by atoms with Gasteiger partial charge in [-0.25, -0.2) is 38.5 Å². The van der Waals surface area contributed by atoms with E-state index >= 15 is 13.6 Å². The number of hydrogen-bond donors (Lipinski definition) is 7. The lowest BCUT2D eigenvalue weighted by Crippen LogP contribution is -2.73. The van der Waals surface area contributed by atoms with Gasteiger partial charge < -0.3 is 45.6 Å². The van der Waals surface area contributed by atoms with E-state index in [9.17, 15) is 34.8 Å². The van der Waals surface area contributed by atoms with Crippen LogP contribution in [0, 0.1) is 22.6 Å². The number of amidine groups is 1. The van der Waals surface area contributed by atoms with Gasteiger partial charge in [-0.1, -0.05) is 80.5 Å². The van der Waals surface area contributed by atoms with Crippen LogP contribution in [0.2, 0.25) is 0 Å². The van der Waals surface area contributed by atoms with Gasteiger partial charge >= 0.3 is 24.4 Å². The van der Waals surface area contributed by atoms with Crippen LogP contribution in [0.1, 0.15) is 105 Å². The zero-order valence-electron chi connectivity index (χ0n) is 44.8. The minimum atomic E-state index is -2.47. The first-order valence-electron chi connectivity index (χ1n) is 25.2. The molecule has 0 bridgehead atoms. The molecule has 2 fully saturated rings. The molecule has 416 valence electrons. The monoisotopic (exact) mass is 1070 g/mol. The fraction of sp³-hybridized carbons (Fsp3) is 0.500. The summed E-state index contributed by atoms with van der Waals surface area (Å²) in [5.41, 5.74) is -7.06. The largest absolute Gasteiger partial charge is 0.465 e. The van der Waals surface area contributed by atoms with Gasteiger partial charge in [0.1, 0.15) is 35.1 Å². The molecular weight excluding hydrogens is 1000 g/mol. The second kappa shape index (κ2) is 23.5. The number of ether oxygens (including phenoxy) is 1. The summed E-state index contributed by atoms with van der Waals surface area (Å²) in [4.78, 5) is 74.5. The minimum Gasteiger partial charge on any atom is -0.465 e. The van der Waals surface area contributed by atoms with Crippen molar-refractivity contribution in [1.29, 1.82) is 0 Å². The van der Waals surface area contributed by atoms with Crippen molar-refractivity contribution in [3.05, 3.63) is 114 Å². The van der Waals surface area contributed by atoms with Crippen LogP contribution in [-0.2, 0) is 15.8 Å². The predicted molar refractivity (Wildman–Crippen MR) is 280 cm³/mol. The molecule has 5 aliphatic heterocycles. The fourth-order valence-corrected chi connectivity index (χ4v) is 10.4. The van der Waals surface area contributed by atoms with Crippen LogP contribution in [0.5, 0.6) is 0 Å². The maximum atomic E-state index is 15.8. The van der Waals surface area contributed by atoms with Gasteiger partial charge in [0.2, 0.25) is 5.95 Å². The predicted octanol–water partition coefficient (Wildman–Crippen LogP) is 7.58. The molecule has 0 aromatic carbocycles. The molecule has 6 atom stereocenters. The Hall–Kier alpha value is -7.37. The highest BCUT2D eigenvalue weighted by atomic mass is 19.1. The molecule has 77 heavy (non-hydrogen) atoms. The van der Waals surface area contributed by atoms with Crippen molar-refractivity contribution in [3.8, 4) is 11.3 Å². The Labute approximate surface area is 446 Å². The number of rotatable bonds is 5. The lowest BCUT2D eigenvalue weighted by atomic mass is 9.65. The Morgan fingerprint density at radius 2 is 1.49 bits per heavy atom. The third-order valence-electron chi connectivity index (χ3n) is 14.0. The number of piperidine rings is 2. The smallest absolute Gasteiger partial charge is 0.411 e. The second-order valence-corrected chi connectivity index (χ2v) is 22.3. The SMILES string of the molecule is CC(C)(C)c1c(-c2ncccc2F)cc(F)nc1[C@]1(O)C(C(C)(C)C)N(C(=O)OC2(C(C)(C)C)CCN(C(=O)O)C(C3=NCC=C(c4ncccn4)N3)C2O)CC[C@H]1O.O=C(O)N1C=CC=CC1.O=C(O)N1C=CCCC1. The number of nitrogens with one attached hydrogen (secondary N) is 1. The Balaban J connectivity index is 0.000000448. The number of aromatic nitrogens is 4. The average molecular weight is 1070 g/mol. The Morgan fingerprint density at radius 1 is 0.818 bits per heavy atom. The van der Waals surface area contributed by atoms with E-state index in [0.29, 0.717) is 24.6 Å². The standard InChI is InChI=1S/C42H54F2N8O7.C6H9NO2.C6H7NO2/c1-38(2,3)28-23(29-24(43)12-10-16-45-29)22-27(44)50-31(28)42(58)26(53)14-20-52(35(42)39(4,5)6)37(57)59-41(40(7,8)9)15-21-51(36(55)56)30(32(41)54)34-48-19-13-25(49-34)33-46-17-11-18-47-33;2*8-6(9)7-4-2-1-3-5-7/h10-13,16-18,22,26,30,32,35,53-54,58H,14-15,19-21H2,1-9H3,(H,48,49)(H,55,56);2,4H,1,3,5H2,(H,8,9);1-4H,5H2,(H,8,9)/t26-,30?,32?,35?,41?,42+;;/m1../s1. The number of carbonyl (C=O) groups is 4. The van der Waals surface area contributed by atoms with E-state index in [1.54, 1.807) is 105 Å². The zero-order valence-corrected chi connectivity index (χ0v) is 44.8. The third-order valence-corrected chi connectivity index (χ3v) is 14.0. The van der Waals surface area contributed by atoms with Crippen LogP contribution >= 0.6 is 0 Å². The number of aliphatic hydroxyl groups is 3. The molecule has 23 heteroatoms. The summed E-state index contributed by atoms with van der Waals surface area (Å²) in [6, 6.07) is 2.58. The van der Waals surface area contributed by atoms with Crippen molar-refractivity contribution in [1.82, 2.24) is 44.9 Å². The highest BCUT2D eigenvalue weighted by molar-refractivity contribution is 5.97. The van der Waals surface area contributed by atoms with E-state index in [-0.39, 0.29) is 60.8 Å². The summed E-state index contributed by atoms with van der Waals surface area (Å²) < 4.78 is 37.7. The maximum Gasteiger partial charge on any atom is 0.411 e. The molecule has 4 amide bonds. The summed E-state index contributed by atoms with van der Waals surface area (Å²) in [5, 5.41) is 67.8. The molecule has 2 saturated heterocycles. The molecule has 0 saturated carbocycles. The third kappa shape index (κ3) is 12.7. The molecule has 5 aliphatic rings. The van der Waals surface area contributed by atoms with Crippen molar-refractivity contribution in [3.63, 3.8) is 0 Å². The molecule has 8 rings (SSSR count). The summed E-state index contributed by atoms with van der Waals surface area (Å²) in [7, 11) is 0. The Kier molecular flexibility index (Phi) is 18.0. The quantitative estimate of drug-likeness (QED) is 0.121. The van der Waals surface area contributed by atoms with Gasteiger partial charge in [0.05, 0.1) is 30.1 Å². The van der Waals surface area contributed by atoms with E-state index in [1.807, 2.05) is 12.2 Å². The van der Waals surface area contributed by atoms with Crippen molar-refractivity contribution >= 4 is 35.9 Å². The number of halogens is 2. The fourth-order valence-electron chi connectivity index (χ4n) is 10.4. The van der Waals surface area contributed by atoms with Gasteiger partial charge in [0, 0.05) is 80.6 Å². The number of carbonyl (C=O) groups excluding carboxylic acids is 1. The number of likely N-dealkylation sites (tertiary alicyclic amines) is 2. The van der Waals surface area contributed by atoms with Crippen LogP contribution in [0.15, 0.2) is 90.6 Å². The van der Waals surface area contributed by atoms with Crippen molar-refractivity contribution in [2.24, 2.45) is 15.8 Å². The van der Waals surface area contributed by atoms with Gasteiger partial charge in [-0.3, -0.25) is 24.7 Å². The van der Waals surface area contributed by atoms with Crippen molar-refractivity contribution in [2.75, 3.05) is 32.7 Å². The maximum absolute atomic E-state index is 15.8. The number of allylic oxidation sites excluding steroid dienone is 3. The van der Waals surface area contributed by atoms with Crippen LogP contribution in [0.4, 0.5) is 28.0 Å². The molecule has 3 aromatic rings. The molecule has 3 aromatic heterocycles. The summed E-state index contributed by atoms with van der Waals surface area (Å²) >= 11 is 0. The number of carboxylic acid groups (broad SMARTS) is 3. The van der Waals surface area contributed by atoms with Crippen LogP contribution in [0.3, 0.4) is 0 Å². The Bertz CT molecular complexity index is 2800. The molecule has 0 radical (unpaired) electrons. The van der Waals surface area contributed by atoms with E-state index < -0.39 is 87.9 Å². The number of aliphatic hydroxyl groups excluding tert-OH is 2. The second-order valence-electron chi connectivity index (χ2n) is 22.3. The zero-order chi connectivity index (χ0) is 56.8. The first kappa shape index (κ1) is 58.9. The number of pyridine rings is 2. The summed E-state index contributed by atoms with van der Waals surface area (Å²) in [6.07, 6.45) is 10.8. The molecule has 0 spiro atoms. The highest BCUT2D eigenvalue weighted by Crippen LogP contribution is 2.51.